The Bertz CT molecular complexity index is 1450. The number of carbonyl (C=O) groups is 4. The minimum atomic E-state index is -0.348. The zero-order valence-electron chi connectivity index (χ0n) is 27.6. The molecule has 2 aromatic rings. The fraction of sp³-hybridized carbons (Fsp3) is 0.235. The second-order valence-corrected chi connectivity index (χ2v) is 9.58. The number of carbonyl (C=O) groups excluding carboxylic acids is 4. The largest absolute Gasteiger partial charge is 3.00 e. The van der Waals surface area contributed by atoms with Crippen LogP contribution in [0.2, 0.25) is 0 Å². The van der Waals surface area contributed by atoms with Crippen LogP contribution in [0.25, 0.3) is 10.8 Å². The van der Waals surface area contributed by atoms with Gasteiger partial charge in [-0.1, -0.05) is 63.5 Å². The molecule has 0 spiro atoms. The predicted octanol–water partition coefficient (Wildman–Crippen LogP) is 0.646. The van der Waals surface area contributed by atoms with Crippen LogP contribution in [-0.4, -0.2) is 34.6 Å². The number of hydrogen-bond donors (Lipinski definition) is 2. The van der Waals surface area contributed by atoms with Crippen LogP contribution in [0.5, 0.6) is 11.5 Å². The van der Waals surface area contributed by atoms with Gasteiger partial charge in [-0.05, 0) is 74.9 Å². The third kappa shape index (κ3) is 22.1. The van der Waals surface area contributed by atoms with Crippen molar-refractivity contribution < 1.29 is 88.8 Å². The molecule has 12 nitrogen and oxygen atoms in total. The van der Waals surface area contributed by atoms with Gasteiger partial charge in [0.2, 0.25) is 0 Å². The molecule has 2 N–H and O–H groups in total. The van der Waals surface area contributed by atoms with Crippen molar-refractivity contribution in [3.63, 3.8) is 0 Å². The van der Waals surface area contributed by atoms with Crippen molar-refractivity contribution in [1.29, 1.82) is 10.8 Å². The SMILES string of the molecule is CC(=O)/C=C(/C)[O-].CC(=O)/C=C(/C)[O-].CC(=O)/C=C(/C)[O-].CC(=O)/C=C(/C)[O-].N=C1C=CC(=N)c2c1c([O-])c1ccccc1c2[O-].[Ru+3].[Ru+3]. The molecule has 0 bridgehead atoms. The Labute approximate surface area is 305 Å². The Morgan fingerprint density at radius 1 is 0.500 bits per heavy atom. The van der Waals surface area contributed by atoms with Crippen molar-refractivity contribution in [3.05, 3.63) is 94.9 Å². The fourth-order valence-corrected chi connectivity index (χ4v) is 3.37. The van der Waals surface area contributed by atoms with Crippen molar-refractivity contribution in [2.45, 2.75) is 55.4 Å². The minimum absolute atomic E-state index is 0. The van der Waals surface area contributed by atoms with Crippen molar-refractivity contribution in [1.82, 2.24) is 0 Å². The van der Waals surface area contributed by atoms with E-state index in [2.05, 4.69) is 0 Å². The van der Waals surface area contributed by atoms with Crippen molar-refractivity contribution in [3.8, 4) is 11.5 Å². The zero-order chi connectivity index (χ0) is 36.3. The van der Waals surface area contributed by atoms with E-state index < -0.39 is 0 Å². The maximum absolute atomic E-state index is 12.3. The normalized spacial score (nSPS) is 11.9. The second-order valence-electron chi connectivity index (χ2n) is 9.58. The van der Waals surface area contributed by atoms with E-state index in [1.165, 1.54) is 67.5 Å². The summed E-state index contributed by atoms with van der Waals surface area (Å²) in [7, 11) is 0. The fourth-order valence-electron chi connectivity index (χ4n) is 3.37. The van der Waals surface area contributed by atoms with Gasteiger partial charge in [0.1, 0.15) is 0 Å². The molecule has 3 rings (SSSR count). The van der Waals surface area contributed by atoms with Gasteiger partial charge in [0, 0.05) is 11.1 Å². The summed E-state index contributed by atoms with van der Waals surface area (Å²) in [5, 5.41) is 80.6. The molecule has 2 radical (unpaired) electrons. The summed E-state index contributed by atoms with van der Waals surface area (Å²) in [6, 6.07) is 6.52. The van der Waals surface area contributed by atoms with Gasteiger partial charge in [-0.15, -0.1) is 23.0 Å². The van der Waals surface area contributed by atoms with Crippen molar-refractivity contribution in [2.75, 3.05) is 0 Å². The molecule has 1 aliphatic rings. The summed E-state index contributed by atoms with van der Waals surface area (Å²) in [6.45, 7) is 10.8. The Kier molecular flexibility index (Phi) is 26.8. The van der Waals surface area contributed by atoms with Gasteiger partial charge in [0.05, 0.1) is 11.4 Å². The van der Waals surface area contributed by atoms with Gasteiger partial charge < -0.3 is 41.5 Å². The molecule has 0 atom stereocenters. The van der Waals surface area contributed by atoms with Crippen LogP contribution >= 0.6 is 0 Å². The Morgan fingerprint density at radius 3 is 0.854 bits per heavy atom. The quantitative estimate of drug-likeness (QED) is 0.247. The van der Waals surface area contributed by atoms with Crippen LogP contribution in [0.1, 0.15) is 66.5 Å². The van der Waals surface area contributed by atoms with Crippen LogP contribution in [-0.2, 0) is 58.1 Å². The van der Waals surface area contributed by atoms with Crippen LogP contribution in [0.15, 0.2) is 83.8 Å². The molecule has 48 heavy (non-hydrogen) atoms. The van der Waals surface area contributed by atoms with Gasteiger partial charge in [0.15, 0.2) is 23.1 Å². The molecular weight excluding hydrogens is 799 g/mol. The molecular formula is C34H36N2O10Ru2. The number of nitrogens with one attached hydrogen (secondary N) is 2. The van der Waals surface area contributed by atoms with Crippen molar-refractivity contribution >= 4 is 45.3 Å². The second kappa shape index (κ2) is 25.5. The van der Waals surface area contributed by atoms with E-state index in [0.717, 1.165) is 24.3 Å². The average molecular weight is 835 g/mol. The summed E-state index contributed by atoms with van der Waals surface area (Å²) in [4.78, 5) is 39.9. The summed E-state index contributed by atoms with van der Waals surface area (Å²) in [5.74, 6) is -2.20. The third-order valence-corrected chi connectivity index (χ3v) is 4.70. The number of fused-ring (bicyclic) bond motifs is 2. The van der Waals surface area contributed by atoms with Crippen LogP contribution in [0.3, 0.4) is 0 Å². The summed E-state index contributed by atoms with van der Waals surface area (Å²) < 4.78 is 0. The van der Waals surface area contributed by atoms with E-state index in [9.17, 15) is 49.8 Å². The summed E-state index contributed by atoms with van der Waals surface area (Å²) >= 11 is 0. The molecule has 0 saturated carbocycles. The first-order valence-electron chi connectivity index (χ1n) is 13.3. The van der Waals surface area contributed by atoms with Crippen molar-refractivity contribution in [2.24, 2.45) is 0 Å². The average Bonchev–Trinajstić information content (AvgIpc) is 2.87. The van der Waals surface area contributed by atoms with Gasteiger partial charge >= 0.3 is 39.0 Å². The first kappa shape index (κ1) is 50.3. The van der Waals surface area contributed by atoms with Crippen LogP contribution in [0, 0.1) is 10.8 Å². The number of hydrogen-bond acceptors (Lipinski definition) is 12. The molecule has 0 amide bonds. The first-order chi connectivity index (χ1) is 21.1. The van der Waals surface area contributed by atoms with E-state index in [-0.39, 0.29) is 119 Å². The molecule has 0 aliphatic heterocycles. The predicted molar refractivity (Wildman–Crippen MR) is 163 cm³/mol. The van der Waals surface area contributed by atoms with E-state index in [4.69, 9.17) is 10.8 Å². The summed E-state index contributed by atoms with van der Waals surface area (Å²) in [5.41, 5.74) is 0.0834. The molecule has 0 heterocycles. The van der Waals surface area contributed by atoms with Crippen LogP contribution in [0.4, 0.5) is 0 Å². The van der Waals surface area contributed by atoms with E-state index in [1.807, 2.05) is 0 Å². The molecule has 258 valence electrons. The Balaban J connectivity index is -0.000000275. The molecule has 1 aliphatic carbocycles. The zero-order valence-corrected chi connectivity index (χ0v) is 31.0. The van der Waals surface area contributed by atoms with Gasteiger partial charge in [-0.3, -0.25) is 19.2 Å². The van der Waals surface area contributed by atoms with Gasteiger partial charge in [-0.25, -0.2) is 0 Å². The van der Waals surface area contributed by atoms with Gasteiger partial charge in [-0.2, -0.15) is 0 Å². The standard InChI is InChI=1S/C14H10N2O2.4C5H8O2.2Ru/c15-9-5-6-10(16)12-11(9)13(17)7-3-1-2-4-8(7)14(12)18;4*1-4(6)3-5(2)7;;/h1-6,15-18H;4*3,6H,1-2H3;;/q;;;;;2*+3/p-6/b;4*4-3-;;. The number of benzene rings is 2. The molecule has 14 heteroatoms. The minimum Gasteiger partial charge on any atom is -0.876 e. The molecule has 2 aromatic carbocycles. The monoisotopic (exact) mass is 836 g/mol. The van der Waals surface area contributed by atoms with E-state index >= 15 is 0 Å². The van der Waals surface area contributed by atoms with E-state index in [1.54, 1.807) is 24.3 Å². The maximum atomic E-state index is 12.3. The number of rotatable bonds is 4. The Hall–Kier alpha value is -4.53. The number of ketones is 4. The third-order valence-electron chi connectivity index (χ3n) is 4.70. The van der Waals surface area contributed by atoms with Gasteiger partial charge in [0.25, 0.3) is 0 Å². The Morgan fingerprint density at radius 2 is 0.708 bits per heavy atom. The number of allylic oxidation sites excluding steroid dienone is 10. The van der Waals surface area contributed by atoms with Crippen LogP contribution < -0.4 is 30.6 Å². The van der Waals surface area contributed by atoms with E-state index in [0.29, 0.717) is 10.8 Å². The smallest absolute Gasteiger partial charge is 0.876 e. The molecule has 0 aromatic heterocycles. The first-order valence-corrected chi connectivity index (χ1v) is 13.3. The maximum Gasteiger partial charge on any atom is 3.00 e. The molecule has 0 saturated heterocycles. The summed E-state index contributed by atoms with van der Waals surface area (Å²) in [6.07, 6.45) is 6.97. The topological polar surface area (TPSA) is 254 Å². The molecule has 0 fully saturated rings. The molecule has 0 unspecified atom stereocenters.